The molecule has 0 unspecified atom stereocenters. The Bertz CT molecular complexity index is 436. The molecule has 0 radical (unpaired) electrons. The Labute approximate surface area is 85.1 Å². The average molecular weight is 208 g/mol. The van der Waals surface area contributed by atoms with Crippen LogP contribution >= 0.6 is 11.6 Å². The summed E-state index contributed by atoms with van der Waals surface area (Å²) in [4.78, 5) is 10.8. The van der Waals surface area contributed by atoms with Crippen LogP contribution in [0.25, 0.3) is 5.69 Å². The van der Waals surface area contributed by atoms with Gasteiger partial charge < -0.3 is 0 Å². The lowest BCUT2D eigenvalue weighted by atomic mass is 10.2. The van der Waals surface area contributed by atoms with Crippen LogP contribution in [0.5, 0.6) is 0 Å². The van der Waals surface area contributed by atoms with E-state index in [1.165, 1.54) is 0 Å². The molecule has 0 fully saturated rings. The first-order valence-electron chi connectivity index (χ1n) is 3.92. The fourth-order valence-electron chi connectivity index (χ4n) is 1.10. The summed E-state index contributed by atoms with van der Waals surface area (Å²) in [6, 6.07) is 6.87. The van der Waals surface area contributed by atoms with E-state index in [1.807, 2.05) is 0 Å². The maximum absolute atomic E-state index is 10.8. The topological polar surface area (TPSA) is 47.8 Å². The lowest BCUT2D eigenvalue weighted by Crippen LogP contribution is -1.92. The Kier molecular flexibility index (Phi) is 2.28. The summed E-state index contributed by atoms with van der Waals surface area (Å²) in [6.45, 7) is 0. The highest BCUT2D eigenvalue weighted by atomic mass is 35.5. The number of nitrogens with zero attached hydrogens (tertiary/aromatic N) is 3. The van der Waals surface area contributed by atoms with E-state index in [0.29, 0.717) is 5.56 Å². The van der Waals surface area contributed by atoms with Crippen LogP contribution in [0.3, 0.4) is 0 Å². The summed E-state index contributed by atoms with van der Waals surface area (Å²) in [5.74, 6) is 0. The number of aromatic nitrogens is 3. The monoisotopic (exact) mass is 207 g/mol. The van der Waals surface area contributed by atoms with E-state index in [2.05, 4.69) is 10.2 Å². The maximum atomic E-state index is 10.8. The van der Waals surface area contributed by atoms with E-state index in [0.717, 1.165) is 5.69 Å². The molecule has 2 aromatic rings. The zero-order chi connectivity index (χ0) is 9.97. The van der Waals surface area contributed by atoms with Gasteiger partial charge in [-0.2, -0.15) is 0 Å². The molecule has 14 heavy (non-hydrogen) atoms. The summed E-state index contributed by atoms with van der Waals surface area (Å²) >= 11 is 5.31. The molecule has 0 N–H and O–H groups in total. The maximum Gasteiger partial charge on any atom is 0.252 e. The molecule has 0 amide bonds. The van der Waals surface area contributed by atoms with Gasteiger partial charge >= 0.3 is 0 Å². The second-order valence-corrected chi connectivity index (χ2v) is 3.03. The van der Waals surface area contributed by atoms with Crippen molar-refractivity contribution in [2.45, 2.75) is 0 Å². The summed E-state index contributed by atoms with van der Waals surface area (Å²) in [7, 11) is 0. The molecular formula is C9H6ClN3O. The summed E-state index contributed by atoms with van der Waals surface area (Å²) in [5, 5.41) is 6.89. The highest BCUT2D eigenvalue weighted by Gasteiger charge is 2.01. The Morgan fingerprint density at radius 2 is 1.71 bits per heavy atom. The minimum atomic E-state index is -0.458. The summed E-state index contributed by atoms with van der Waals surface area (Å²) in [6.07, 6.45) is 3.16. The first-order valence-corrected chi connectivity index (χ1v) is 4.30. The number of hydrogen-bond donors (Lipinski definition) is 0. The second-order valence-electron chi connectivity index (χ2n) is 2.69. The van der Waals surface area contributed by atoms with Gasteiger partial charge in [-0.05, 0) is 35.9 Å². The van der Waals surface area contributed by atoms with Gasteiger partial charge in [-0.1, -0.05) is 0 Å². The van der Waals surface area contributed by atoms with Crippen LogP contribution < -0.4 is 0 Å². The largest absolute Gasteiger partial charge is 0.288 e. The summed E-state index contributed by atoms with van der Waals surface area (Å²) < 4.78 is 1.74. The van der Waals surface area contributed by atoms with Gasteiger partial charge in [0, 0.05) is 11.3 Å². The van der Waals surface area contributed by atoms with Crippen molar-refractivity contribution in [2.75, 3.05) is 0 Å². The number of rotatable bonds is 2. The fraction of sp³-hybridized carbons (Fsp3) is 0. The quantitative estimate of drug-likeness (QED) is 0.704. The molecule has 5 heteroatoms. The molecule has 0 saturated carbocycles. The van der Waals surface area contributed by atoms with Gasteiger partial charge in [-0.25, -0.2) is 0 Å². The lowest BCUT2D eigenvalue weighted by Gasteiger charge is -2.00. The molecule has 0 aliphatic carbocycles. The number of hydrogen-bond acceptors (Lipinski definition) is 3. The Morgan fingerprint density at radius 1 is 1.14 bits per heavy atom. The van der Waals surface area contributed by atoms with E-state index in [1.54, 1.807) is 41.5 Å². The molecule has 1 aromatic heterocycles. The van der Waals surface area contributed by atoms with Crippen molar-refractivity contribution in [3.05, 3.63) is 42.5 Å². The molecule has 4 nitrogen and oxygen atoms in total. The predicted octanol–water partition coefficient (Wildman–Crippen LogP) is 1.65. The van der Waals surface area contributed by atoms with Crippen molar-refractivity contribution in [2.24, 2.45) is 0 Å². The van der Waals surface area contributed by atoms with E-state index in [9.17, 15) is 4.79 Å². The molecule has 70 valence electrons. The zero-order valence-corrected chi connectivity index (χ0v) is 7.85. The first kappa shape index (κ1) is 8.90. The molecule has 0 spiro atoms. The Morgan fingerprint density at radius 3 is 2.21 bits per heavy atom. The van der Waals surface area contributed by atoms with Crippen LogP contribution in [0.15, 0.2) is 36.9 Å². The number of halogens is 1. The van der Waals surface area contributed by atoms with Gasteiger partial charge in [-0.15, -0.1) is 10.2 Å². The molecule has 0 aliphatic rings. The van der Waals surface area contributed by atoms with Gasteiger partial charge in [-0.3, -0.25) is 9.36 Å². The molecule has 0 bridgehead atoms. The molecule has 0 atom stereocenters. The van der Waals surface area contributed by atoms with Gasteiger partial charge in [0.05, 0.1) is 0 Å². The van der Waals surface area contributed by atoms with E-state index < -0.39 is 5.24 Å². The average Bonchev–Trinajstić information content (AvgIpc) is 2.71. The minimum absolute atomic E-state index is 0.458. The SMILES string of the molecule is O=C(Cl)c1ccc(-n2cnnc2)cc1. The van der Waals surface area contributed by atoms with Gasteiger partial charge in [0.2, 0.25) is 0 Å². The first-order chi connectivity index (χ1) is 6.77. The normalized spacial score (nSPS) is 10.1. The van der Waals surface area contributed by atoms with Crippen LogP contribution in [0.1, 0.15) is 10.4 Å². The summed E-state index contributed by atoms with van der Waals surface area (Å²) in [5.41, 5.74) is 1.36. The number of benzene rings is 1. The smallest absolute Gasteiger partial charge is 0.252 e. The lowest BCUT2D eigenvalue weighted by molar-refractivity contribution is 0.108. The van der Waals surface area contributed by atoms with Gasteiger partial charge in [0.15, 0.2) is 0 Å². The Hall–Kier alpha value is -1.68. The highest BCUT2D eigenvalue weighted by Crippen LogP contribution is 2.10. The molecule has 1 heterocycles. The van der Waals surface area contributed by atoms with Crippen molar-refractivity contribution in [1.29, 1.82) is 0 Å². The predicted molar refractivity (Wildman–Crippen MR) is 51.5 cm³/mol. The molecular weight excluding hydrogens is 202 g/mol. The van der Waals surface area contributed by atoms with Crippen LogP contribution in [0, 0.1) is 0 Å². The highest BCUT2D eigenvalue weighted by molar-refractivity contribution is 6.67. The van der Waals surface area contributed by atoms with Crippen LogP contribution in [-0.2, 0) is 0 Å². The molecule has 2 rings (SSSR count). The van der Waals surface area contributed by atoms with E-state index >= 15 is 0 Å². The van der Waals surface area contributed by atoms with Crippen molar-refractivity contribution >= 4 is 16.8 Å². The Balaban J connectivity index is 2.36. The van der Waals surface area contributed by atoms with E-state index in [-0.39, 0.29) is 0 Å². The number of carbonyl (C=O) groups is 1. The van der Waals surface area contributed by atoms with Crippen LogP contribution in [0.2, 0.25) is 0 Å². The standard InChI is InChI=1S/C9H6ClN3O/c10-9(14)7-1-3-8(4-2-7)13-5-11-12-6-13/h1-6H. The van der Waals surface area contributed by atoms with Crippen molar-refractivity contribution in [3.8, 4) is 5.69 Å². The van der Waals surface area contributed by atoms with Crippen LogP contribution in [-0.4, -0.2) is 20.0 Å². The molecule has 0 saturated heterocycles. The van der Waals surface area contributed by atoms with Crippen molar-refractivity contribution < 1.29 is 4.79 Å². The molecule has 1 aromatic carbocycles. The zero-order valence-electron chi connectivity index (χ0n) is 7.09. The minimum Gasteiger partial charge on any atom is -0.288 e. The van der Waals surface area contributed by atoms with Crippen LogP contribution in [0.4, 0.5) is 0 Å². The molecule has 0 aliphatic heterocycles. The third-order valence-electron chi connectivity index (χ3n) is 1.81. The van der Waals surface area contributed by atoms with Gasteiger partial charge in [0.1, 0.15) is 12.7 Å². The third-order valence-corrected chi connectivity index (χ3v) is 2.03. The number of carbonyl (C=O) groups excluding carboxylic acids is 1. The second kappa shape index (κ2) is 3.59. The van der Waals surface area contributed by atoms with E-state index in [4.69, 9.17) is 11.6 Å². The third kappa shape index (κ3) is 1.65. The van der Waals surface area contributed by atoms with Crippen molar-refractivity contribution in [3.63, 3.8) is 0 Å². The van der Waals surface area contributed by atoms with Crippen molar-refractivity contribution in [1.82, 2.24) is 14.8 Å². The fourth-order valence-corrected chi connectivity index (χ4v) is 1.22. The van der Waals surface area contributed by atoms with Gasteiger partial charge in [0.25, 0.3) is 5.24 Å².